The number of nitrogens with zero attached hydrogens (tertiary/aromatic N) is 2. The van der Waals surface area contributed by atoms with Gasteiger partial charge in [-0.2, -0.15) is 0 Å². The van der Waals surface area contributed by atoms with Gasteiger partial charge >= 0.3 is 212 Å². The Morgan fingerprint density at radius 3 is 0.594 bits per heavy atom. The van der Waals surface area contributed by atoms with Crippen LogP contribution in [0.2, 0.25) is 0 Å². The minimum atomic E-state index is -3.93. The minimum absolute atomic E-state index is 0.253. The van der Waals surface area contributed by atoms with Gasteiger partial charge in [-0.15, -0.1) is 0 Å². The van der Waals surface area contributed by atoms with Crippen molar-refractivity contribution < 1.29 is 12.4 Å². The third kappa shape index (κ3) is 7.67. The molecule has 1 rings (SSSR count). The maximum atomic E-state index is 7.11. The first kappa shape index (κ1) is 31.4. The Morgan fingerprint density at radius 2 is 0.500 bits per heavy atom. The molecule has 0 bridgehead atoms. The molecule has 1 heterocycles. The summed E-state index contributed by atoms with van der Waals surface area (Å²) in [4.78, 5) is 0. The van der Waals surface area contributed by atoms with Crippen LogP contribution in [0.1, 0.15) is 125 Å². The van der Waals surface area contributed by atoms with Crippen molar-refractivity contribution >= 4 is 39.1 Å². The summed E-state index contributed by atoms with van der Waals surface area (Å²) in [6.07, 6.45) is 0. The van der Waals surface area contributed by atoms with Gasteiger partial charge in [-0.1, -0.05) is 0 Å². The first-order valence-electron chi connectivity index (χ1n) is 11.7. The monoisotopic (exact) mass is 694 g/mol. The Hall–Kier alpha value is 1.34. The number of rotatable bonds is 4. The van der Waals surface area contributed by atoms with Gasteiger partial charge in [0.25, 0.3) is 0 Å². The van der Waals surface area contributed by atoms with Crippen LogP contribution < -0.4 is 0 Å². The predicted octanol–water partition coefficient (Wildman–Crippen LogP) is 6.33. The molecule has 0 saturated carbocycles. The summed E-state index contributed by atoms with van der Waals surface area (Å²) in [7, 11) is 0. The van der Waals surface area contributed by atoms with Gasteiger partial charge in [0.2, 0.25) is 0 Å². The maximum absolute atomic E-state index is 7.11. The standard InChI is InChI=1S/C24H54N2O4Te2/c1-19(2,3)25-31(27-21(7,8)9,28-22(10,11)12)26(20(4,5)6)32(25,29-23(13,14)15)30-24(16,17)18/h1-18H3. The molecule has 196 valence electrons. The molecule has 0 spiro atoms. The molecule has 0 aromatic carbocycles. The summed E-state index contributed by atoms with van der Waals surface area (Å²) in [5, 5.41) is 0. The molecule has 0 N–H and O–H groups in total. The van der Waals surface area contributed by atoms with E-state index >= 15 is 0 Å². The Bertz CT molecular complexity index is 554. The summed E-state index contributed by atoms with van der Waals surface area (Å²) in [6.45, 7) is 38.9. The topological polar surface area (TPSA) is 43.4 Å². The summed E-state index contributed by atoms with van der Waals surface area (Å²) < 4.78 is 33.4. The summed E-state index contributed by atoms with van der Waals surface area (Å²) in [5.41, 5.74) is -2.02. The van der Waals surface area contributed by atoms with Crippen molar-refractivity contribution in [2.24, 2.45) is 0 Å². The first-order valence-corrected chi connectivity index (χ1v) is 19.6. The molecule has 32 heavy (non-hydrogen) atoms. The van der Waals surface area contributed by atoms with E-state index in [2.05, 4.69) is 127 Å². The molecule has 1 aliphatic rings. The van der Waals surface area contributed by atoms with Gasteiger partial charge in [-0.05, 0) is 0 Å². The van der Waals surface area contributed by atoms with Crippen molar-refractivity contribution in [1.29, 1.82) is 0 Å². The fourth-order valence-corrected chi connectivity index (χ4v) is 38.9. The van der Waals surface area contributed by atoms with Crippen LogP contribution in [0.3, 0.4) is 0 Å². The van der Waals surface area contributed by atoms with E-state index in [9.17, 15) is 0 Å². The van der Waals surface area contributed by atoms with Gasteiger partial charge in [0.1, 0.15) is 0 Å². The second-order valence-corrected chi connectivity index (χ2v) is 30.2. The van der Waals surface area contributed by atoms with E-state index in [4.69, 9.17) is 12.4 Å². The number of hydrogen-bond donors (Lipinski definition) is 0. The van der Waals surface area contributed by atoms with E-state index in [0.717, 1.165) is 0 Å². The van der Waals surface area contributed by atoms with Gasteiger partial charge in [0, 0.05) is 0 Å². The molecule has 0 unspecified atom stereocenters. The molecule has 1 aliphatic heterocycles. The third-order valence-electron chi connectivity index (χ3n) is 3.37. The fourth-order valence-electron chi connectivity index (χ4n) is 3.34. The van der Waals surface area contributed by atoms with E-state index in [1.54, 1.807) is 0 Å². The van der Waals surface area contributed by atoms with E-state index < -0.39 is 39.1 Å². The first-order chi connectivity index (χ1) is 13.6. The summed E-state index contributed by atoms with van der Waals surface area (Å²) in [5.74, 6) is 0. The zero-order valence-electron chi connectivity index (χ0n) is 24.3. The van der Waals surface area contributed by atoms with Crippen molar-refractivity contribution in [1.82, 2.24) is 2.80 Å². The second-order valence-electron chi connectivity index (χ2n) is 14.5. The van der Waals surface area contributed by atoms with Gasteiger partial charge in [-0.25, -0.2) is 0 Å². The summed E-state index contributed by atoms with van der Waals surface area (Å²) in [6, 6.07) is 0. The molecule has 6 nitrogen and oxygen atoms in total. The average Bonchev–Trinajstić information content (AvgIpc) is 2.22. The average molecular weight is 690 g/mol. The van der Waals surface area contributed by atoms with Crippen LogP contribution in [0.25, 0.3) is 0 Å². The van der Waals surface area contributed by atoms with Crippen molar-refractivity contribution in [3.8, 4) is 0 Å². The van der Waals surface area contributed by atoms with Crippen LogP contribution in [0.15, 0.2) is 0 Å². The molecule has 0 aromatic heterocycles. The molecule has 8 heteroatoms. The molecule has 1 fully saturated rings. The molecular formula is C24H54N2O4Te2. The van der Waals surface area contributed by atoms with Crippen LogP contribution in [0.5, 0.6) is 0 Å². The van der Waals surface area contributed by atoms with E-state index in [-0.39, 0.29) is 33.5 Å². The van der Waals surface area contributed by atoms with Crippen LogP contribution >= 0.6 is 0 Å². The van der Waals surface area contributed by atoms with Crippen LogP contribution in [-0.2, 0) is 12.4 Å². The van der Waals surface area contributed by atoms with E-state index in [0.29, 0.717) is 0 Å². The molecule has 1 saturated heterocycles. The van der Waals surface area contributed by atoms with E-state index in [1.807, 2.05) is 0 Å². The van der Waals surface area contributed by atoms with Crippen LogP contribution in [0, 0.1) is 0 Å². The second kappa shape index (κ2) is 9.02. The third-order valence-corrected chi connectivity index (χ3v) is 37.0. The Kier molecular flexibility index (Phi) is 8.84. The Morgan fingerprint density at radius 1 is 0.344 bits per heavy atom. The van der Waals surface area contributed by atoms with Crippen LogP contribution in [-0.4, -0.2) is 75.4 Å². The molecule has 0 aliphatic carbocycles. The van der Waals surface area contributed by atoms with Gasteiger partial charge in [0.05, 0.1) is 0 Å². The van der Waals surface area contributed by atoms with Gasteiger partial charge in [-0.3, -0.25) is 0 Å². The molecule has 0 radical (unpaired) electrons. The normalized spacial score (nSPS) is 23.6. The van der Waals surface area contributed by atoms with Crippen molar-refractivity contribution in [3.63, 3.8) is 0 Å². The predicted molar refractivity (Wildman–Crippen MR) is 138 cm³/mol. The van der Waals surface area contributed by atoms with Crippen molar-refractivity contribution in [3.05, 3.63) is 0 Å². The Balaban J connectivity index is 4.07. The van der Waals surface area contributed by atoms with Gasteiger partial charge in [0.15, 0.2) is 0 Å². The van der Waals surface area contributed by atoms with Gasteiger partial charge < -0.3 is 0 Å². The molecular weight excluding hydrogens is 635 g/mol. The molecule has 0 amide bonds. The molecule has 0 aromatic rings. The van der Waals surface area contributed by atoms with Crippen molar-refractivity contribution in [2.75, 3.05) is 0 Å². The zero-order valence-corrected chi connectivity index (χ0v) is 29.0. The quantitative estimate of drug-likeness (QED) is 0.322. The SMILES string of the molecule is CC(C)(C)O[Te]1(OC(C)(C)C)N(C(C)(C)C)[Te](OC(C)(C)C)(OC(C)(C)C)N1C(C)(C)C. The Labute approximate surface area is 211 Å². The van der Waals surface area contributed by atoms with E-state index in [1.165, 1.54) is 0 Å². The summed E-state index contributed by atoms with van der Waals surface area (Å²) >= 11 is -7.86. The zero-order chi connectivity index (χ0) is 26.0. The fraction of sp³-hybridized carbons (Fsp3) is 1.00. The number of hydrogen-bond acceptors (Lipinski definition) is 6. The van der Waals surface area contributed by atoms with Crippen molar-refractivity contribution in [2.45, 2.75) is 158 Å². The van der Waals surface area contributed by atoms with Crippen LogP contribution in [0.4, 0.5) is 0 Å². The molecule has 0 atom stereocenters.